The van der Waals surface area contributed by atoms with Gasteiger partial charge < -0.3 is 14.7 Å². The zero-order chi connectivity index (χ0) is 13.5. The van der Waals surface area contributed by atoms with Crippen molar-refractivity contribution >= 4 is 5.97 Å². The number of carbonyl (C=O) groups is 1. The van der Waals surface area contributed by atoms with Crippen LogP contribution < -0.4 is 4.74 Å². The van der Waals surface area contributed by atoms with Gasteiger partial charge in [-0.15, -0.1) is 0 Å². The number of rotatable bonds is 7. The minimum Gasteiger partial charge on any atom is -0.492 e. The molecule has 0 bridgehead atoms. The highest BCUT2D eigenvalue weighted by Gasteiger charge is 2.06. The van der Waals surface area contributed by atoms with E-state index in [4.69, 9.17) is 9.84 Å². The van der Waals surface area contributed by atoms with E-state index in [0.717, 1.165) is 30.9 Å². The summed E-state index contributed by atoms with van der Waals surface area (Å²) in [7, 11) is 0. The third-order valence-electron chi connectivity index (χ3n) is 2.98. The smallest absolute Gasteiger partial charge is 0.335 e. The molecule has 18 heavy (non-hydrogen) atoms. The predicted molar refractivity (Wildman–Crippen MR) is 71.4 cm³/mol. The highest BCUT2D eigenvalue weighted by Crippen LogP contribution is 2.19. The van der Waals surface area contributed by atoms with Crippen molar-refractivity contribution < 1.29 is 14.6 Å². The van der Waals surface area contributed by atoms with Crippen LogP contribution in [-0.2, 0) is 0 Å². The van der Waals surface area contributed by atoms with Crippen molar-refractivity contribution in [1.82, 2.24) is 4.90 Å². The normalized spacial score (nSPS) is 10.7. The van der Waals surface area contributed by atoms with Crippen LogP contribution in [0, 0.1) is 6.92 Å². The summed E-state index contributed by atoms with van der Waals surface area (Å²) >= 11 is 0. The SMILES string of the molecule is CCN(CC)CCOc1ccc(C(=O)O)cc1C. The molecule has 0 heterocycles. The minimum atomic E-state index is -0.909. The first-order valence-electron chi connectivity index (χ1n) is 6.27. The van der Waals surface area contributed by atoms with Crippen molar-refractivity contribution in [3.05, 3.63) is 29.3 Å². The maximum absolute atomic E-state index is 10.8. The summed E-state index contributed by atoms with van der Waals surface area (Å²) in [6.07, 6.45) is 0. The molecule has 0 aliphatic rings. The van der Waals surface area contributed by atoms with Crippen LogP contribution in [0.5, 0.6) is 5.75 Å². The van der Waals surface area contributed by atoms with Crippen molar-refractivity contribution in [2.75, 3.05) is 26.2 Å². The summed E-state index contributed by atoms with van der Waals surface area (Å²) in [5.74, 6) is -0.153. The van der Waals surface area contributed by atoms with Crippen molar-refractivity contribution in [2.24, 2.45) is 0 Å². The molecule has 0 unspecified atom stereocenters. The van der Waals surface area contributed by atoms with Gasteiger partial charge in [-0.25, -0.2) is 4.79 Å². The number of hydrogen-bond acceptors (Lipinski definition) is 3. The minimum absolute atomic E-state index is 0.295. The Bertz CT molecular complexity index is 400. The second-order valence-electron chi connectivity index (χ2n) is 4.16. The number of aryl methyl sites for hydroxylation is 1. The van der Waals surface area contributed by atoms with E-state index in [1.165, 1.54) is 0 Å². The first kappa shape index (κ1) is 14.5. The number of benzene rings is 1. The number of carboxylic acid groups (broad SMARTS) is 1. The molecule has 1 rings (SSSR count). The van der Waals surface area contributed by atoms with Crippen LogP contribution in [0.2, 0.25) is 0 Å². The number of aromatic carboxylic acids is 1. The summed E-state index contributed by atoms with van der Waals surface area (Å²) in [6.45, 7) is 9.63. The third-order valence-corrected chi connectivity index (χ3v) is 2.98. The number of carboxylic acids is 1. The molecule has 100 valence electrons. The van der Waals surface area contributed by atoms with E-state index >= 15 is 0 Å². The van der Waals surface area contributed by atoms with E-state index in [0.29, 0.717) is 12.2 Å². The van der Waals surface area contributed by atoms with Crippen LogP contribution in [-0.4, -0.2) is 42.2 Å². The van der Waals surface area contributed by atoms with Gasteiger partial charge in [-0.05, 0) is 43.8 Å². The molecular weight excluding hydrogens is 230 g/mol. The summed E-state index contributed by atoms with van der Waals surface area (Å²) in [5.41, 5.74) is 1.15. The van der Waals surface area contributed by atoms with Gasteiger partial charge in [-0.2, -0.15) is 0 Å². The zero-order valence-electron chi connectivity index (χ0n) is 11.3. The molecule has 0 aliphatic carbocycles. The summed E-state index contributed by atoms with van der Waals surface area (Å²) < 4.78 is 5.67. The summed E-state index contributed by atoms with van der Waals surface area (Å²) in [4.78, 5) is 13.1. The van der Waals surface area contributed by atoms with Gasteiger partial charge in [0, 0.05) is 6.54 Å². The molecule has 0 saturated carbocycles. The van der Waals surface area contributed by atoms with Gasteiger partial charge in [-0.1, -0.05) is 13.8 Å². The van der Waals surface area contributed by atoms with Crippen LogP contribution in [0.1, 0.15) is 29.8 Å². The molecule has 0 spiro atoms. The Morgan fingerprint density at radius 1 is 1.33 bits per heavy atom. The highest BCUT2D eigenvalue weighted by molar-refractivity contribution is 5.88. The lowest BCUT2D eigenvalue weighted by atomic mass is 10.1. The van der Waals surface area contributed by atoms with Crippen molar-refractivity contribution in [3.8, 4) is 5.75 Å². The fraction of sp³-hybridized carbons (Fsp3) is 0.500. The quantitative estimate of drug-likeness (QED) is 0.808. The molecule has 0 atom stereocenters. The molecule has 0 radical (unpaired) electrons. The van der Waals surface area contributed by atoms with E-state index in [1.807, 2.05) is 6.92 Å². The van der Waals surface area contributed by atoms with Crippen molar-refractivity contribution in [3.63, 3.8) is 0 Å². The average molecular weight is 251 g/mol. The van der Waals surface area contributed by atoms with Crippen LogP contribution in [0.3, 0.4) is 0 Å². The largest absolute Gasteiger partial charge is 0.492 e. The Hall–Kier alpha value is -1.55. The molecule has 0 saturated heterocycles. The first-order chi connectivity index (χ1) is 8.58. The second-order valence-corrected chi connectivity index (χ2v) is 4.16. The van der Waals surface area contributed by atoms with Gasteiger partial charge in [0.2, 0.25) is 0 Å². The van der Waals surface area contributed by atoms with Crippen LogP contribution >= 0.6 is 0 Å². The van der Waals surface area contributed by atoms with E-state index in [2.05, 4.69) is 18.7 Å². The molecule has 0 fully saturated rings. The van der Waals surface area contributed by atoms with Crippen LogP contribution in [0.15, 0.2) is 18.2 Å². The summed E-state index contributed by atoms with van der Waals surface area (Å²) in [5, 5.41) is 8.87. The lowest BCUT2D eigenvalue weighted by Crippen LogP contribution is -2.28. The Labute approximate surface area is 108 Å². The molecule has 4 nitrogen and oxygen atoms in total. The fourth-order valence-electron chi connectivity index (χ4n) is 1.77. The third kappa shape index (κ3) is 4.04. The molecule has 0 aliphatic heterocycles. The lowest BCUT2D eigenvalue weighted by Gasteiger charge is -2.18. The van der Waals surface area contributed by atoms with E-state index < -0.39 is 5.97 Å². The molecular formula is C14H21NO3. The molecule has 1 aromatic rings. The highest BCUT2D eigenvalue weighted by atomic mass is 16.5. The Morgan fingerprint density at radius 2 is 2.00 bits per heavy atom. The maximum atomic E-state index is 10.8. The Balaban J connectivity index is 2.55. The molecule has 0 amide bonds. The van der Waals surface area contributed by atoms with Gasteiger partial charge in [0.1, 0.15) is 12.4 Å². The zero-order valence-corrected chi connectivity index (χ0v) is 11.3. The van der Waals surface area contributed by atoms with Gasteiger partial charge in [-0.3, -0.25) is 0 Å². The number of likely N-dealkylation sites (N-methyl/N-ethyl adjacent to an activating group) is 1. The Morgan fingerprint density at radius 3 is 2.50 bits per heavy atom. The monoisotopic (exact) mass is 251 g/mol. The molecule has 0 aromatic heterocycles. The molecule has 4 heteroatoms. The number of ether oxygens (including phenoxy) is 1. The molecule has 1 aromatic carbocycles. The topological polar surface area (TPSA) is 49.8 Å². The fourth-order valence-corrected chi connectivity index (χ4v) is 1.77. The standard InChI is InChI=1S/C14H21NO3/c1-4-15(5-2)8-9-18-13-7-6-12(14(16)17)10-11(13)3/h6-7,10H,4-5,8-9H2,1-3H3,(H,16,17). The van der Waals surface area contributed by atoms with Gasteiger partial charge in [0.15, 0.2) is 0 Å². The van der Waals surface area contributed by atoms with Crippen molar-refractivity contribution in [2.45, 2.75) is 20.8 Å². The van der Waals surface area contributed by atoms with Crippen LogP contribution in [0.4, 0.5) is 0 Å². The van der Waals surface area contributed by atoms with Crippen molar-refractivity contribution in [1.29, 1.82) is 0 Å². The maximum Gasteiger partial charge on any atom is 0.335 e. The predicted octanol–water partition coefficient (Wildman–Crippen LogP) is 2.41. The first-order valence-corrected chi connectivity index (χ1v) is 6.27. The van der Waals surface area contributed by atoms with Gasteiger partial charge in [0.25, 0.3) is 0 Å². The van der Waals surface area contributed by atoms with E-state index in [-0.39, 0.29) is 0 Å². The van der Waals surface area contributed by atoms with Gasteiger partial charge >= 0.3 is 5.97 Å². The van der Waals surface area contributed by atoms with Crippen LogP contribution in [0.25, 0.3) is 0 Å². The lowest BCUT2D eigenvalue weighted by molar-refractivity contribution is 0.0696. The van der Waals surface area contributed by atoms with E-state index in [1.54, 1.807) is 18.2 Å². The molecule has 1 N–H and O–H groups in total. The van der Waals surface area contributed by atoms with E-state index in [9.17, 15) is 4.79 Å². The number of hydrogen-bond donors (Lipinski definition) is 1. The number of nitrogens with zero attached hydrogens (tertiary/aromatic N) is 1. The second kappa shape index (κ2) is 7.01. The summed E-state index contributed by atoms with van der Waals surface area (Å²) in [6, 6.07) is 4.93. The average Bonchev–Trinajstić information content (AvgIpc) is 2.36. The Kier molecular flexibility index (Phi) is 5.65. The van der Waals surface area contributed by atoms with Gasteiger partial charge in [0.05, 0.1) is 5.56 Å².